The van der Waals surface area contributed by atoms with Crippen LogP contribution >= 0.6 is 0 Å². The molecule has 37 heavy (non-hydrogen) atoms. The maximum absolute atomic E-state index is 12.7. The number of amides is 1. The maximum atomic E-state index is 12.7. The summed E-state index contributed by atoms with van der Waals surface area (Å²) in [5, 5.41) is 6.58. The third kappa shape index (κ3) is 8.19. The van der Waals surface area contributed by atoms with E-state index in [9.17, 15) is 22.8 Å². The second kappa shape index (κ2) is 12.2. The van der Waals surface area contributed by atoms with Crippen molar-refractivity contribution in [1.82, 2.24) is 15.5 Å². The predicted octanol–water partition coefficient (Wildman–Crippen LogP) is 5.81. The van der Waals surface area contributed by atoms with Gasteiger partial charge in [0, 0.05) is 13.0 Å². The van der Waals surface area contributed by atoms with Crippen molar-refractivity contribution >= 4 is 24.2 Å². The van der Waals surface area contributed by atoms with Crippen LogP contribution in [0.3, 0.4) is 0 Å². The van der Waals surface area contributed by atoms with Crippen LogP contribution in [0.4, 0.5) is 18.0 Å². The molecule has 1 amide bonds. The SMILES string of the molecule is CC(=O)OC(c1noc(/C=C/c2ccc(C(F)(F)F)cc2)n1)[C@@H](NC(=O)OCc1ccccc1)C(C)C. The number of rotatable bonds is 9. The highest BCUT2D eigenvalue weighted by Crippen LogP contribution is 2.29. The van der Waals surface area contributed by atoms with Crippen molar-refractivity contribution in [3.8, 4) is 0 Å². The molecule has 1 aromatic heterocycles. The molecule has 1 N–H and O–H groups in total. The Kier molecular flexibility index (Phi) is 9.05. The second-order valence-electron chi connectivity index (χ2n) is 8.45. The molecule has 1 unspecified atom stereocenters. The summed E-state index contributed by atoms with van der Waals surface area (Å²) in [6, 6.07) is 12.9. The number of nitrogens with one attached hydrogen (secondary N) is 1. The Morgan fingerprint density at radius 3 is 2.32 bits per heavy atom. The quantitative estimate of drug-likeness (QED) is 0.357. The number of ether oxygens (including phenoxy) is 2. The first-order chi connectivity index (χ1) is 17.5. The van der Waals surface area contributed by atoms with Gasteiger partial charge in [0.2, 0.25) is 5.82 Å². The minimum Gasteiger partial charge on any atom is -0.452 e. The summed E-state index contributed by atoms with van der Waals surface area (Å²) in [4.78, 5) is 28.5. The van der Waals surface area contributed by atoms with E-state index in [2.05, 4.69) is 15.5 Å². The van der Waals surface area contributed by atoms with E-state index in [-0.39, 0.29) is 24.2 Å². The number of aromatic nitrogens is 2. The fraction of sp³-hybridized carbons (Fsp3) is 0.308. The van der Waals surface area contributed by atoms with Crippen molar-refractivity contribution in [1.29, 1.82) is 0 Å². The van der Waals surface area contributed by atoms with Crippen LogP contribution in [-0.4, -0.2) is 28.2 Å². The van der Waals surface area contributed by atoms with Crippen molar-refractivity contribution in [2.24, 2.45) is 5.92 Å². The average molecular weight is 518 g/mol. The van der Waals surface area contributed by atoms with Crippen LogP contribution < -0.4 is 5.32 Å². The molecule has 0 aliphatic carbocycles. The number of carbonyl (C=O) groups excluding carboxylic acids is 2. The molecule has 0 aliphatic rings. The summed E-state index contributed by atoms with van der Waals surface area (Å²) >= 11 is 0. The molecule has 0 fully saturated rings. The fourth-order valence-corrected chi connectivity index (χ4v) is 3.34. The number of alkyl halides is 3. The topological polar surface area (TPSA) is 104 Å². The van der Waals surface area contributed by atoms with Gasteiger partial charge in [0.1, 0.15) is 6.61 Å². The molecule has 0 bridgehead atoms. The third-order valence-electron chi connectivity index (χ3n) is 5.20. The predicted molar refractivity (Wildman–Crippen MR) is 128 cm³/mol. The summed E-state index contributed by atoms with van der Waals surface area (Å²) < 4.78 is 54.1. The summed E-state index contributed by atoms with van der Waals surface area (Å²) in [7, 11) is 0. The number of halogens is 3. The van der Waals surface area contributed by atoms with Gasteiger partial charge in [-0.05, 0) is 35.3 Å². The molecule has 0 saturated carbocycles. The first-order valence-electron chi connectivity index (χ1n) is 11.4. The lowest BCUT2D eigenvalue weighted by molar-refractivity contribution is -0.149. The zero-order valence-electron chi connectivity index (χ0n) is 20.4. The lowest BCUT2D eigenvalue weighted by Gasteiger charge is -2.28. The van der Waals surface area contributed by atoms with E-state index in [1.165, 1.54) is 31.2 Å². The highest BCUT2D eigenvalue weighted by molar-refractivity contribution is 5.69. The Balaban J connectivity index is 1.73. The molecule has 3 rings (SSSR count). The van der Waals surface area contributed by atoms with Crippen LogP contribution in [0.25, 0.3) is 12.2 Å². The van der Waals surface area contributed by atoms with Crippen molar-refractivity contribution < 1.29 is 36.8 Å². The van der Waals surface area contributed by atoms with E-state index < -0.39 is 35.9 Å². The fourth-order valence-electron chi connectivity index (χ4n) is 3.34. The summed E-state index contributed by atoms with van der Waals surface area (Å²) in [5.74, 6) is -0.814. The van der Waals surface area contributed by atoms with E-state index >= 15 is 0 Å². The van der Waals surface area contributed by atoms with Crippen LogP contribution in [0.5, 0.6) is 0 Å². The van der Waals surface area contributed by atoms with Crippen LogP contribution in [-0.2, 0) is 27.1 Å². The first kappa shape index (κ1) is 27.4. The Hall–Kier alpha value is -4.15. The van der Waals surface area contributed by atoms with E-state index in [1.54, 1.807) is 0 Å². The van der Waals surface area contributed by atoms with Gasteiger partial charge in [-0.2, -0.15) is 18.2 Å². The van der Waals surface area contributed by atoms with Gasteiger partial charge in [-0.3, -0.25) is 4.79 Å². The van der Waals surface area contributed by atoms with Gasteiger partial charge in [0.15, 0.2) is 6.10 Å². The van der Waals surface area contributed by atoms with Gasteiger partial charge in [-0.25, -0.2) is 4.79 Å². The number of nitrogens with zero attached hydrogens (tertiary/aromatic N) is 2. The number of alkyl carbamates (subject to hydrolysis) is 1. The Labute approximate surface area is 211 Å². The van der Waals surface area contributed by atoms with Crippen LogP contribution in [0.1, 0.15) is 55.3 Å². The number of carbonyl (C=O) groups is 2. The normalized spacial score (nSPS) is 13.4. The standard InChI is InChI=1S/C26H26F3N3O5/c1-16(2)22(31-25(34)35-15-19-7-5-4-6-8-19)23(36-17(3)33)24-30-21(37-32-24)14-11-18-9-12-20(13-10-18)26(27,28)29/h4-14,16,22-23H,15H2,1-3H3,(H,31,34)/b14-11+/t22-,23?/m0/s1. The average Bonchev–Trinajstić information content (AvgIpc) is 3.32. The first-order valence-corrected chi connectivity index (χ1v) is 11.4. The summed E-state index contributed by atoms with van der Waals surface area (Å²) in [6.07, 6.45) is -3.32. The minimum atomic E-state index is -4.43. The lowest BCUT2D eigenvalue weighted by Crippen LogP contribution is -2.44. The molecule has 0 spiro atoms. The Bertz CT molecular complexity index is 1210. The van der Waals surface area contributed by atoms with Gasteiger partial charge in [-0.15, -0.1) is 0 Å². The monoisotopic (exact) mass is 517 g/mol. The van der Waals surface area contributed by atoms with Gasteiger partial charge in [-0.1, -0.05) is 61.5 Å². The molecule has 2 atom stereocenters. The van der Waals surface area contributed by atoms with Crippen LogP contribution in [0.2, 0.25) is 0 Å². The summed E-state index contributed by atoms with van der Waals surface area (Å²) in [6.45, 7) is 4.88. The number of hydrogen-bond donors (Lipinski definition) is 1. The zero-order chi connectivity index (χ0) is 27.0. The third-order valence-corrected chi connectivity index (χ3v) is 5.20. The molecule has 0 saturated heterocycles. The van der Waals surface area contributed by atoms with E-state index in [0.717, 1.165) is 17.7 Å². The van der Waals surface area contributed by atoms with Crippen molar-refractivity contribution in [3.05, 3.63) is 83.0 Å². The molecular formula is C26H26F3N3O5. The Morgan fingerprint density at radius 1 is 1.05 bits per heavy atom. The van der Waals surface area contributed by atoms with E-state index in [0.29, 0.717) is 5.56 Å². The second-order valence-corrected chi connectivity index (χ2v) is 8.45. The van der Waals surface area contributed by atoms with Gasteiger partial charge in [0.25, 0.3) is 5.89 Å². The number of benzene rings is 2. The van der Waals surface area contributed by atoms with Gasteiger partial charge >= 0.3 is 18.2 Å². The van der Waals surface area contributed by atoms with E-state index in [4.69, 9.17) is 14.0 Å². The molecule has 8 nitrogen and oxygen atoms in total. The molecule has 196 valence electrons. The highest BCUT2D eigenvalue weighted by atomic mass is 19.4. The zero-order valence-corrected chi connectivity index (χ0v) is 20.4. The maximum Gasteiger partial charge on any atom is 0.416 e. The smallest absolute Gasteiger partial charge is 0.416 e. The largest absolute Gasteiger partial charge is 0.452 e. The molecule has 2 aromatic carbocycles. The van der Waals surface area contributed by atoms with Crippen LogP contribution in [0, 0.1) is 5.92 Å². The van der Waals surface area contributed by atoms with E-state index in [1.807, 2.05) is 44.2 Å². The number of esters is 1. The van der Waals surface area contributed by atoms with Gasteiger partial charge in [0.05, 0.1) is 11.6 Å². The number of hydrogen-bond acceptors (Lipinski definition) is 7. The van der Waals surface area contributed by atoms with Crippen molar-refractivity contribution in [2.75, 3.05) is 0 Å². The molecular weight excluding hydrogens is 491 g/mol. The minimum absolute atomic E-state index is 0.00401. The highest BCUT2D eigenvalue weighted by Gasteiger charge is 2.34. The molecule has 0 aliphatic heterocycles. The molecule has 1 heterocycles. The summed E-state index contributed by atoms with van der Waals surface area (Å²) in [5.41, 5.74) is 0.522. The van der Waals surface area contributed by atoms with Crippen molar-refractivity contribution in [3.63, 3.8) is 0 Å². The van der Waals surface area contributed by atoms with Crippen molar-refractivity contribution in [2.45, 2.75) is 45.7 Å². The van der Waals surface area contributed by atoms with Crippen LogP contribution in [0.15, 0.2) is 59.1 Å². The molecule has 3 aromatic rings. The Morgan fingerprint density at radius 2 is 1.73 bits per heavy atom. The van der Waals surface area contributed by atoms with Gasteiger partial charge < -0.3 is 19.3 Å². The lowest BCUT2D eigenvalue weighted by atomic mass is 9.98. The molecule has 0 radical (unpaired) electrons. The molecule has 11 heteroatoms.